The van der Waals surface area contributed by atoms with Crippen LogP contribution in [0.5, 0.6) is 0 Å². The van der Waals surface area contributed by atoms with E-state index in [1.54, 1.807) is 4.90 Å². The van der Waals surface area contributed by atoms with E-state index in [0.717, 1.165) is 17.3 Å². The van der Waals surface area contributed by atoms with Crippen molar-refractivity contribution in [2.24, 2.45) is 0 Å². The van der Waals surface area contributed by atoms with Gasteiger partial charge in [0.25, 0.3) is 0 Å². The summed E-state index contributed by atoms with van der Waals surface area (Å²) in [4.78, 5) is 25.4. The van der Waals surface area contributed by atoms with E-state index in [0.29, 0.717) is 31.3 Å². The minimum atomic E-state index is -0.480. The van der Waals surface area contributed by atoms with Crippen molar-refractivity contribution in [1.29, 1.82) is 0 Å². The molecule has 1 aromatic heterocycles. The maximum Gasteiger partial charge on any atom is 0.410 e. The first-order valence-corrected chi connectivity index (χ1v) is 10.5. The summed E-state index contributed by atoms with van der Waals surface area (Å²) in [7, 11) is 0. The molecule has 0 aliphatic carbocycles. The van der Waals surface area contributed by atoms with Gasteiger partial charge >= 0.3 is 6.09 Å². The van der Waals surface area contributed by atoms with E-state index in [4.69, 9.17) is 4.74 Å². The Labute approximate surface area is 170 Å². The Kier molecular flexibility index (Phi) is 6.28. The van der Waals surface area contributed by atoms with Gasteiger partial charge in [0.1, 0.15) is 17.2 Å². The number of benzene rings is 1. The average molecular weight is 402 g/mol. The number of nitrogens with one attached hydrogen (secondary N) is 1. The summed E-state index contributed by atoms with van der Waals surface area (Å²) in [6.45, 7) is 8.27. The lowest BCUT2D eigenvalue weighted by Gasteiger charge is -2.36. The first-order chi connectivity index (χ1) is 13.3. The summed E-state index contributed by atoms with van der Waals surface area (Å²) in [6.07, 6.45) is 1.71. The number of para-hydroxylation sites is 1. The number of anilines is 3. The van der Waals surface area contributed by atoms with E-state index in [1.165, 1.54) is 11.8 Å². The maximum absolute atomic E-state index is 12.3. The number of rotatable bonds is 4. The standard InChI is InChI=1S/C20H27N5O2S/c1-20(2,3)27-19(26)25-12-10-24(11-13-25)17-14-16(22-18(23-17)28-4)21-15-8-6-5-7-9-15/h5-9,14H,10-13H2,1-4H3,(H,21,22,23). The molecule has 0 radical (unpaired) electrons. The molecule has 1 N–H and O–H groups in total. The van der Waals surface area contributed by atoms with Crippen LogP contribution in [0.4, 0.5) is 22.1 Å². The Balaban J connectivity index is 1.68. The number of thioether (sulfide) groups is 1. The molecule has 1 amide bonds. The third-order valence-electron chi connectivity index (χ3n) is 4.18. The van der Waals surface area contributed by atoms with Crippen LogP contribution in [0.3, 0.4) is 0 Å². The lowest BCUT2D eigenvalue weighted by molar-refractivity contribution is 0.0240. The Morgan fingerprint density at radius 1 is 1.11 bits per heavy atom. The summed E-state index contributed by atoms with van der Waals surface area (Å²) in [5.74, 6) is 1.62. The zero-order chi connectivity index (χ0) is 20.1. The highest BCUT2D eigenvalue weighted by molar-refractivity contribution is 7.98. The molecule has 2 aromatic rings. The molecule has 0 unspecified atom stereocenters. The number of ether oxygens (including phenoxy) is 1. The average Bonchev–Trinajstić information content (AvgIpc) is 2.67. The molecular weight excluding hydrogens is 374 g/mol. The molecule has 150 valence electrons. The van der Waals surface area contributed by atoms with E-state index in [2.05, 4.69) is 20.2 Å². The van der Waals surface area contributed by atoms with Crippen molar-refractivity contribution in [3.63, 3.8) is 0 Å². The Hall–Kier alpha value is -2.48. The second-order valence-corrected chi connectivity index (χ2v) is 8.32. The van der Waals surface area contributed by atoms with Crippen molar-refractivity contribution in [2.75, 3.05) is 42.7 Å². The second kappa shape index (κ2) is 8.68. The smallest absolute Gasteiger partial charge is 0.410 e. The van der Waals surface area contributed by atoms with Crippen molar-refractivity contribution in [2.45, 2.75) is 31.5 Å². The number of carbonyl (C=O) groups is 1. The molecule has 1 aliphatic heterocycles. The fourth-order valence-electron chi connectivity index (χ4n) is 2.84. The van der Waals surface area contributed by atoms with Gasteiger partial charge in [0.2, 0.25) is 0 Å². The number of hydrogen-bond acceptors (Lipinski definition) is 7. The Morgan fingerprint density at radius 2 is 1.79 bits per heavy atom. The first kappa shape index (κ1) is 20.3. The quantitative estimate of drug-likeness (QED) is 0.613. The van der Waals surface area contributed by atoms with Gasteiger partial charge in [-0.3, -0.25) is 0 Å². The van der Waals surface area contributed by atoms with E-state index >= 15 is 0 Å². The van der Waals surface area contributed by atoms with Crippen LogP contribution in [0.1, 0.15) is 20.8 Å². The molecule has 1 aromatic carbocycles. The topological polar surface area (TPSA) is 70.6 Å². The van der Waals surface area contributed by atoms with Gasteiger partial charge in [-0.25, -0.2) is 14.8 Å². The highest BCUT2D eigenvalue weighted by Gasteiger charge is 2.26. The van der Waals surface area contributed by atoms with Gasteiger partial charge in [-0.2, -0.15) is 0 Å². The monoisotopic (exact) mass is 401 g/mol. The predicted molar refractivity (Wildman–Crippen MR) is 114 cm³/mol. The molecular formula is C20H27N5O2S. The third kappa shape index (κ3) is 5.51. The number of aromatic nitrogens is 2. The lowest BCUT2D eigenvalue weighted by Crippen LogP contribution is -2.50. The molecule has 8 heteroatoms. The van der Waals surface area contributed by atoms with E-state index in [9.17, 15) is 4.79 Å². The molecule has 7 nitrogen and oxygen atoms in total. The molecule has 1 fully saturated rings. The molecule has 0 spiro atoms. The largest absolute Gasteiger partial charge is 0.444 e. The van der Waals surface area contributed by atoms with Crippen molar-refractivity contribution < 1.29 is 9.53 Å². The first-order valence-electron chi connectivity index (χ1n) is 9.32. The van der Waals surface area contributed by atoms with Gasteiger partial charge < -0.3 is 19.9 Å². The Morgan fingerprint density at radius 3 is 2.39 bits per heavy atom. The normalized spacial score (nSPS) is 14.7. The van der Waals surface area contributed by atoms with Crippen LogP contribution < -0.4 is 10.2 Å². The fourth-order valence-corrected chi connectivity index (χ4v) is 3.22. The van der Waals surface area contributed by atoms with Crippen LogP contribution >= 0.6 is 11.8 Å². The second-order valence-electron chi connectivity index (χ2n) is 7.54. The van der Waals surface area contributed by atoms with Gasteiger partial charge in [-0.15, -0.1) is 0 Å². The van der Waals surface area contributed by atoms with Gasteiger partial charge in [0.15, 0.2) is 5.16 Å². The van der Waals surface area contributed by atoms with Crippen LogP contribution in [-0.4, -0.2) is 59.0 Å². The number of amides is 1. The minimum absolute atomic E-state index is 0.258. The van der Waals surface area contributed by atoms with Crippen molar-refractivity contribution in [1.82, 2.24) is 14.9 Å². The van der Waals surface area contributed by atoms with Gasteiger partial charge in [-0.05, 0) is 39.2 Å². The number of carbonyl (C=O) groups excluding carboxylic acids is 1. The summed E-state index contributed by atoms with van der Waals surface area (Å²) in [5, 5.41) is 4.05. The van der Waals surface area contributed by atoms with E-state index in [1.807, 2.05) is 63.4 Å². The summed E-state index contributed by atoms with van der Waals surface area (Å²) >= 11 is 1.51. The summed E-state index contributed by atoms with van der Waals surface area (Å²) in [6, 6.07) is 11.9. The van der Waals surface area contributed by atoms with Crippen LogP contribution in [0.15, 0.2) is 41.6 Å². The fraction of sp³-hybridized carbons (Fsp3) is 0.450. The van der Waals surface area contributed by atoms with E-state index in [-0.39, 0.29) is 6.09 Å². The van der Waals surface area contributed by atoms with Gasteiger partial charge in [0.05, 0.1) is 0 Å². The SMILES string of the molecule is CSc1nc(Nc2ccccc2)cc(N2CCN(C(=O)OC(C)(C)C)CC2)n1. The number of nitrogens with zero attached hydrogens (tertiary/aromatic N) is 4. The van der Waals surface area contributed by atoms with Crippen LogP contribution in [0.25, 0.3) is 0 Å². The molecule has 1 aliphatic rings. The molecule has 1 saturated heterocycles. The lowest BCUT2D eigenvalue weighted by atomic mass is 10.2. The molecule has 0 bridgehead atoms. The zero-order valence-corrected chi connectivity index (χ0v) is 17.6. The highest BCUT2D eigenvalue weighted by Crippen LogP contribution is 2.24. The Bertz CT molecular complexity index is 802. The molecule has 2 heterocycles. The zero-order valence-electron chi connectivity index (χ0n) is 16.8. The molecule has 3 rings (SSSR count). The van der Waals surface area contributed by atoms with Gasteiger partial charge in [-0.1, -0.05) is 30.0 Å². The summed E-state index contributed by atoms with van der Waals surface area (Å²) < 4.78 is 5.47. The van der Waals surface area contributed by atoms with Crippen LogP contribution in [0.2, 0.25) is 0 Å². The number of piperazine rings is 1. The highest BCUT2D eigenvalue weighted by atomic mass is 32.2. The van der Waals surface area contributed by atoms with Crippen molar-refractivity contribution >= 4 is 35.2 Å². The van der Waals surface area contributed by atoms with Crippen molar-refractivity contribution in [3.8, 4) is 0 Å². The van der Waals surface area contributed by atoms with Crippen LogP contribution in [0, 0.1) is 0 Å². The third-order valence-corrected chi connectivity index (χ3v) is 4.72. The van der Waals surface area contributed by atoms with E-state index < -0.39 is 5.60 Å². The van der Waals surface area contributed by atoms with Gasteiger partial charge in [0, 0.05) is 37.9 Å². The maximum atomic E-state index is 12.3. The molecule has 0 atom stereocenters. The number of hydrogen-bond donors (Lipinski definition) is 1. The van der Waals surface area contributed by atoms with Crippen LogP contribution in [-0.2, 0) is 4.74 Å². The summed E-state index contributed by atoms with van der Waals surface area (Å²) in [5.41, 5.74) is 0.500. The molecule has 28 heavy (non-hydrogen) atoms. The molecule has 0 saturated carbocycles. The predicted octanol–water partition coefficient (Wildman–Crippen LogP) is 4.00. The van der Waals surface area contributed by atoms with Crippen molar-refractivity contribution in [3.05, 3.63) is 36.4 Å². The minimum Gasteiger partial charge on any atom is -0.444 e.